The number of piperidine rings is 1. The Morgan fingerprint density at radius 1 is 1.13 bits per heavy atom. The molecule has 1 amide bonds. The van der Waals surface area contributed by atoms with Crippen LogP contribution < -0.4 is 10.2 Å². The Bertz CT molecular complexity index is 856. The number of carbonyl (C=O) groups excluding carboxylic acids is 1. The number of anilines is 1. The van der Waals surface area contributed by atoms with Gasteiger partial charge in [-0.2, -0.15) is 0 Å². The molecule has 0 spiro atoms. The summed E-state index contributed by atoms with van der Waals surface area (Å²) < 4.78 is 1.25. The minimum Gasteiger partial charge on any atom is -0.356 e. The van der Waals surface area contributed by atoms with E-state index in [0.717, 1.165) is 56.1 Å². The van der Waals surface area contributed by atoms with Gasteiger partial charge in [-0.1, -0.05) is 30.2 Å². The van der Waals surface area contributed by atoms with E-state index in [2.05, 4.69) is 41.1 Å². The number of thiazole rings is 1. The van der Waals surface area contributed by atoms with Crippen LogP contribution in [0.5, 0.6) is 0 Å². The van der Waals surface area contributed by atoms with Crippen LogP contribution in [0.2, 0.25) is 0 Å². The molecule has 5 nitrogen and oxygen atoms in total. The molecule has 1 atom stereocenters. The minimum absolute atomic E-state index is 0.0757. The predicted molar refractivity (Wildman–Crippen MR) is 127 cm³/mol. The van der Waals surface area contributed by atoms with Crippen LogP contribution in [0.3, 0.4) is 0 Å². The van der Waals surface area contributed by atoms with Gasteiger partial charge in [-0.15, -0.1) is 0 Å². The molecule has 1 N–H and O–H groups in total. The summed E-state index contributed by atoms with van der Waals surface area (Å²) in [5, 5.41) is 4.28. The van der Waals surface area contributed by atoms with E-state index in [1.165, 1.54) is 54.6 Å². The molecule has 4 rings (SSSR count). The standard InChI is InChI=1S/C24H36N4OS/c1-18-15-19(2)22-21(16-18)30-24(26-22)28-14-7-9-20(17-28)23(29)25-10-8-13-27-11-5-3-4-6-12-27/h15-16,20H,3-14,17H2,1-2H3,(H,25,29). The van der Waals surface area contributed by atoms with Gasteiger partial charge in [-0.25, -0.2) is 4.98 Å². The summed E-state index contributed by atoms with van der Waals surface area (Å²) >= 11 is 1.76. The fourth-order valence-corrected chi connectivity index (χ4v) is 6.05. The zero-order valence-corrected chi connectivity index (χ0v) is 19.4. The average Bonchev–Trinajstić information content (AvgIpc) is 3.00. The van der Waals surface area contributed by atoms with Gasteiger partial charge in [-0.05, 0) is 82.8 Å². The van der Waals surface area contributed by atoms with Crippen molar-refractivity contribution in [3.63, 3.8) is 0 Å². The number of nitrogens with zero attached hydrogens (tertiary/aromatic N) is 3. The quantitative estimate of drug-likeness (QED) is 0.688. The molecule has 0 radical (unpaired) electrons. The Labute approximate surface area is 184 Å². The number of aromatic nitrogens is 1. The van der Waals surface area contributed by atoms with Crippen molar-refractivity contribution in [1.82, 2.24) is 15.2 Å². The highest BCUT2D eigenvalue weighted by Crippen LogP contribution is 2.33. The molecule has 30 heavy (non-hydrogen) atoms. The molecule has 3 heterocycles. The number of benzene rings is 1. The second kappa shape index (κ2) is 10.1. The third-order valence-corrected chi connectivity index (χ3v) is 7.59. The van der Waals surface area contributed by atoms with Crippen LogP contribution in [0.15, 0.2) is 12.1 Å². The zero-order valence-electron chi connectivity index (χ0n) is 18.6. The number of rotatable bonds is 6. The number of hydrogen-bond acceptors (Lipinski definition) is 5. The molecule has 2 aliphatic heterocycles. The molecule has 1 aromatic carbocycles. The van der Waals surface area contributed by atoms with Crippen LogP contribution in [0.25, 0.3) is 10.2 Å². The summed E-state index contributed by atoms with van der Waals surface area (Å²) in [4.78, 5) is 22.6. The van der Waals surface area contributed by atoms with E-state index >= 15 is 0 Å². The van der Waals surface area contributed by atoms with Gasteiger partial charge >= 0.3 is 0 Å². The van der Waals surface area contributed by atoms with Crippen LogP contribution in [-0.4, -0.2) is 55.1 Å². The summed E-state index contributed by atoms with van der Waals surface area (Å²) in [5.41, 5.74) is 3.63. The molecular weight excluding hydrogens is 392 g/mol. The minimum atomic E-state index is 0.0757. The highest BCUT2D eigenvalue weighted by atomic mass is 32.1. The third-order valence-electron chi connectivity index (χ3n) is 6.53. The lowest BCUT2D eigenvalue weighted by Gasteiger charge is -2.31. The predicted octanol–water partition coefficient (Wildman–Crippen LogP) is 4.51. The lowest BCUT2D eigenvalue weighted by molar-refractivity contribution is -0.125. The van der Waals surface area contributed by atoms with Crippen LogP contribution in [0, 0.1) is 19.8 Å². The first-order valence-corrected chi connectivity index (χ1v) is 12.5. The van der Waals surface area contributed by atoms with Crippen molar-refractivity contribution >= 4 is 32.6 Å². The van der Waals surface area contributed by atoms with Gasteiger partial charge in [0.15, 0.2) is 5.13 Å². The number of amides is 1. The maximum atomic E-state index is 12.8. The molecule has 0 saturated carbocycles. The van der Waals surface area contributed by atoms with Crippen LogP contribution in [-0.2, 0) is 4.79 Å². The molecule has 2 aliphatic rings. The van der Waals surface area contributed by atoms with E-state index in [0.29, 0.717) is 0 Å². The van der Waals surface area contributed by atoms with Crippen molar-refractivity contribution < 1.29 is 4.79 Å². The van der Waals surface area contributed by atoms with E-state index in [4.69, 9.17) is 4.98 Å². The summed E-state index contributed by atoms with van der Waals surface area (Å²) in [6, 6.07) is 4.42. The Hall–Kier alpha value is -1.66. The second-order valence-corrected chi connectivity index (χ2v) is 10.1. The third kappa shape index (κ3) is 5.33. The van der Waals surface area contributed by atoms with E-state index in [-0.39, 0.29) is 11.8 Å². The molecule has 2 aromatic rings. The van der Waals surface area contributed by atoms with Crippen molar-refractivity contribution in [2.24, 2.45) is 5.92 Å². The molecule has 1 unspecified atom stereocenters. The largest absolute Gasteiger partial charge is 0.356 e. The van der Waals surface area contributed by atoms with Crippen molar-refractivity contribution in [3.05, 3.63) is 23.3 Å². The number of carbonyl (C=O) groups is 1. The second-order valence-electron chi connectivity index (χ2n) is 9.11. The fourth-order valence-electron chi connectivity index (χ4n) is 4.88. The number of aryl methyl sites for hydroxylation is 2. The van der Waals surface area contributed by atoms with E-state index in [9.17, 15) is 4.79 Å². The molecule has 164 valence electrons. The maximum Gasteiger partial charge on any atom is 0.224 e. The highest BCUT2D eigenvalue weighted by molar-refractivity contribution is 7.22. The van der Waals surface area contributed by atoms with Gasteiger partial charge in [0, 0.05) is 19.6 Å². The molecule has 2 fully saturated rings. The molecule has 2 saturated heterocycles. The molecule has 0 aliphatic carbocycles. The summed E-state index contributed by atoms with van der Waals surface area (Å²) in [6.07, 6.45) is 8.50. The van der Waals surface area contributed by atoms with Crippen LogP contribution in [0.4, 0.5) is 5.13 Å². The van der Waals surface area contributed by atoms with Crippen LogP contribution >= 0.6 is 11.3 Å². The normalized spacial score (nSPS) is 21.0. The summed E-state index contributed by atoms with van der Waals surface area (Å²) in [6.45, 7) is 10.4. The first-order valence-electron chi connectivity index (χ1n) is 11.7. The van der Waals surface area contributed by atoms with Crippen molar-refractivity contribution in [2.45, 2.75) is 58.8 Å². The van der Waals surface area contributed by atoms with Gasteiger partial charge in [0.05, 0.1) is 16.1 Å². The zero-order chi connectivity index (χ0) is 20.9. The van der Waals surface area contributed by atoms with Gasteiger partial charge in [0.2, 0.25) is 5.91 Å². The van der Waals surface area contributed by atoms with Crippen molar-refractivity contribution in [1.29, 1.82) is 0 Å². The first-order chi connectivity index (χ1) is 14.6. The Kier molecular flexibility index (Phi) is 7.26. The number of likely N-dealkylation sites (tertiary alicyclic amines) is 1. The van der Waals surface area contributed by atoms with Crippen molar-refractivity contribution in [2.75, 3.05) is 44.2 Å². The number of hydrogen-bond donors (Lipinski definition) is 1. The van der Waals surface area contributed by atoms with Crippen LogP contribution in [0.1, 0.15) is 56.1 Å². The molecular formula is C24H36N4OS. The lowest BCUT2D eigenvalue weighted by Crippen LogP contribution is -2.43. The van der Waals surface area contributed by atoms with E-state index < -0.39 is 0 Å². The fraction of sp³-hybridized carbons (Fsp3) is 0.667. The monoisotopic (exact) mass is 428 g/mol. The molecule has 0 bridgehead atoms. The Balaban J connectivity index is 1.28. The van der Waals surface area contributed by atoms with Gasteiger partial charge in [0.1, 0.15) is 0 Å². The lowest BCUT2D eigenvalue weighted by atomic mass is 9.97. The maximum absolute atomic E-state index is 12.8. The smallest absolute Gasteiger partial charge is 0.224 e. The topological polar surface area (TPSA) is 48.5 Å². The van der Waals surface area contributed by atoms with E-state index in [1.54, 1.807) is 11.3 Å². The average molecular weight is 429 g/mol. The van der Waals surface area contributed by atoms with Gasteiger partial charge in [-0.3, -0.25) is 4.79 Å². The van der Waals surface area contributed by atoms with E-state index in [1.807, 2.05) is 0 Å². The highest BCUT2D eigenvalue weighted by Gasteiger charge is 2.27. The van der Waals surface area contributed by atoms with Gasteiger partial charge in [0.25, 0.3) is 0 Å². The summed E-state index contributed by atoms with van der Waals surface area (Å²) in [5.74, 6) is 0.301. The Morgan fingerprint density at radius 2 is 1.93 bits per heavy atom. The number of nitrogens with one attached hydrogen (secondary N) is 1. The Morgan fingerprint density at radius 3 is 2.73 bits per heavy atom. The number of fused-ring (bicyclic) bond motifs is 1. The first kappa shape index (κ1) is 21.6. The SMILES string of the molecule is Cc1cc(C)c2nc(N3CCCC(C(=O)NCCCN4CCCCCC4)C3)sc2c1. The molecule has 1 aromatic heterocycles. The molecule has 6 heteroatoms. The summed E-state index contributed by atoms with van der Waals surface area (Å²) in [7, 11) is 0. The van der Waals surface area contributed by atoms with Crippen molar-refractivity contribution in [3.8, 4) is 0 Å². The van der Waals surface area contributed by atoms with Gasteiger partial charge < -0.3 is 15.1 Å².